The molecule has 1 aliphatic heterocycles. The minimum atomic E-state index is -0.516. The highest BCUT2D eigenvalue weighted by molar-refractivity contribution is 9.10. The van der Waals surface area contributed by atoms with Gasteiger partial charge in [0.1, 0.15) is 6.54 Å². The van der Waals surface area contributed by atoms with Crippen LogP contribution in [0.25, 0.3) is 6.08 Å². The molecule has 0 spiro atoms. The molecular formula is C22H21BrN2O5S. The summed E-state index contributed by atoms with van der Waals surface area (Å²) < 4.78 is 11.6. The van der Waals surface area contributed by atoms with Crippen molar-refractivity contribution < 1.29 is 23.9 Å². The predicted molar refractivity (Wildman–Crippen MR) is 124 cm³/mol. The number of hydrogen-bond acceptors (Lipinski definition) is 6. The van der Waals surface area contributed by atoms with E-state index in [0.29, 0.717) is 33.8 Å². The number of methoxy groups -OCH3 is 1. The standard InChI is InChI=1S/C22H21BrN2O5S/c1-4-30-20-16(23)9-14(10-17(20)29-3)11-18-21(27)25(22(28)31-18)12-19(26)24-15-7-5-13(2)6-8-15/h5-11H,4,12H2,1-3H3,(H,24,26). The van der Waals surface area contributed by atoms with Gasteiger partial charge in [-0.2, -0.15) is 0 Å². The van der Waals surface area contributed by atoms with Crippen molar-refractivity contribution in [2.24, 2.45) is 0 Å². The van der Waals surface area contributed by atoms with E-state index in [4.69, 9.17) is 9.47 Å². The molecule has 1 N–H and O–H groups in total. The maximum absolute atomic E-state index is 12.7. The summed E-state index contributed by atoms with van der Waals surface area (Å²) in [6.45, 7) is 3.92. The lowest BCUT2D eigenvalue weighted by Crippen LogP contribution is -2.36. The van der Waals surface area contributed by atoms with Crippen molar-refractivity contribution in [2.45, 2.75) is 13.8 Å². The molecule has 7 nitrogen and oxygen atoms in total. The summed E-state index contributed by atoms with van der Waals surface area (Å²) in [4.78, 5) is 38.5. The van der Waals surface area contributed by atoms with E-state index in [2.05, 4.69) is 21.2 Å². The number of nitrogens with one attached hydrogen (secondary N) is 1. The van der Waals surface area contributed by atoms with E-state index in [0.717, 1.165) is 22.2 Å². The number of thioether (sulfide) groups is 1. The second-order valence-electron chi connectivity index (χ2n) is 6.65. The summed E-state index contributed by atoms with van der Waals surface area (Å²) in [5.41, 5.74) is 2.32. The third-order valence-electron chi connectivity index (χ3n) is 4.35. The summed E-state index contributed by atoms with van der Waals surface area (Å²) in [6.07, 6.45) is 1.59. The molecule has 0 unspecified atom stereocenters. The molecule has 2 aromatic carbocycles. The van der Waals surface area contributed by atoms with Crippen LogP contribution in [-0.2, 0) is 9.59 Å². The fraction of sp³-hybridized carbons (Fsp3) is 0.227. The van der Waals surface area contributed by atoms with E-state index in [1.54, 1.807) is 30.3 Å². The first kappa shape index (κ1) is 22.9. The number of halogens is 1. The largest absolute Gasteiger partial charge is 0.493 e. The van der Waals surface area contributed by atoms with Gasteiger partial charge in [-0.3, -0.25) is 19.3 Å². The topological polar surface area (TPSA) is 84.9 Å². The molecule has 9 heteroatoms. The van der Waals surface area contributed by atoms with Crippen LogP contribution in [-0.4, -0.2) is 42.2 Å². The molecule has 1 aliphatic rings. The minimum absolute atomic E-state index is 0.228. The number of rotatable bonds is 7. The highest BCUT2D eigenvalue weighted by Gasteiger charge is 2.36. The maximum Gasteiger partial charge on any atom is 0.294 e. The van der Waals surface area contributed by atoms with Crippen LogP contribution >= 0.6 is 27.7 Å². The van der Waals surface area contributed by atoms with Crippen LogP contribution in [0, 0.1) is 6.92 Å². The van der Waals surface area contributed by atoms with Crippen molar-refractivity contribution in [1.82, 2.24) is 4.90 Å². The van der Waals surface area contributed by atoms with Crippen molar-refractivity contribution in [3.63, 3.8) is 0 Å². The second kappa shape index (κ2) is 10.0. The molecule has 3 amide bonds. The summed E-state index contributed by atoms with van der Waals surface area (Å²) in [7, 11) is 1.52. The minimum Gasteiger partial charge on any atom is -0.493 e. The summed E-state index contributed by atoms with van der Waals surface area (Å²) >= 11 is 4.23. The van der Waals surface area contributed by atoms with Crippen molar-refractivity contribution in [1.29, 1.82) is 0 Å². The molecule has 0 bridgehead atoms. The van der Waals surface area contributed by atoms with Crippen LogP contribution in [0.1, 0.15) is 18.1 Å². The SMILES string of the molecule is CCOc1c(Br)cc(C=C2SC(=O)N(CC(=O)Nc3ccc(C)cc3)C2=O)cc1OC. The lowest BCUT2D eigenvalue weighted by molar-refractivity contribution is -0.127. The lowest BCUT2D eigenvalue weighted by Gasteiger charge is -2.13. The average molecular weight is 505 g/mol. The highest BCUT2D eigenvalue weighted by atomic mass is 79.9. The number of carbonyl (C=O) groups is 3. The summed E-state index contributed by atoms with van der Waals surface area (Å²) in [5.74, 6) is 0.0955. The third-order valence-corrected chi connectivity index (χ3v) is 5.85. The third kappa shape index (κ3) is 5.48. The smallest absolute Gasteiger partial charge is 0.294 e. The Morgan fingerprint density at radius 1 is 1.23 bits per heavy atom. The second-order valence-corrected chi connectivity index (χ2v) is 8.50. The van der Waals surface area contributed by atoms with Gasteiger partial charge >= 0.3 is 0 Å². The van der Waals surface area contributed by atoms with Gasteiger partial charge < -0.3 is 14.8 Å². The van der Waals surface area contributed by atoms with E-state index in [1.807, 2.05) is 26.0 Å². The average Bonchev–Trinajstić information content (AvgIpc) is 2.98. The number of benzene rings is 2. The van der Waals surface area contributed by atoms with Crippen LogP contribution in [0.4, 0.5) is 10.5 Å². The number of aryl methyl sites for hydroxylation is 1. The Balaban J connectivity index is 1.75. The highest BCUT2D eigenvalue weighted by Crippen LogP contribution is 2.39. The Hall–Kier alpha value is -2.78. The molecule has 0 aliphatic carbocycles. The van der Waals surface area contributed by atoms with Gasteiger partial charge in [-0.05, 0) is 77.4 Å². The maximum atomic E-state index is 12.7. The first-order chi connectivity index (χ1) is 14.8. The number of hydrogen-bond donors (Lipinski definition) is 1. The number of anilines is 1. The Labute approximate surface area is 192 Å². The Kier molecular flexibility index (Phi) is 7.40. The zero-order chi connectivity index (χ0) is 22.5. The van der Waals surface area contributed by atoms with Gasteiger partial charge in [-0.25, -0.2) is 0 Å². The van der Waals surface area contributed by atoms with Gasteiger partial charge in [0.15, 0.2) is 11.5 Å². The predicted octanol–water partition coefficient (Wildman–Crippen LogP) is 4.84. The molecule has 31 heavy (non-hydrogen) atoms. The van der Waals surface area contributed by atoms with Crippen LogP contribution in [0.3, 0.4) is 0 Å². The lowest BCUT2D eigenvalue weighted by atomic mass is 10.2. The number of amides is 3. The zero-order valence-electron chi connectivity index (χ0n) is 17.2. The molecule has 162 valence electrons. The molecule has 0 atom stereocenters. The number of ether oxygens (including phenoxy) is 2. The van der Waals surface area contributed by atoms with Crippen LogP contribution in [0.2, 0.25) is 0 Å². The van der Waals surface area contributed by atoms with Gasteiger partial charge in [0, 0.05) is 5.69 Å². The Morgan fingerprint density at radius 2 is 1.94 bits per heavy atom. The normalized spacial score (nSPS) is 14.8. The molecule has 0 aromatic heterocycles. The number of carbonyl (C=O) groups excluding carboxylic acids is 3. The molecule has 0 saturated carbocycles. The van der Waals surface area contributed by atoms with E-state index >= 15 is 0 Å². The Morgan fingerprint density at radius 3 is 2.58 bits per heavy atom. The zero-order valence-corrected chi connectivity index (χ0v) is 19.6. The van der Waals surface area contributed by atoms with Gasteiger partial charge in [0.25, 0.3) is 11.1 Å². The first-order valence-corrected chi connectivity index (χ1v) is 11.1. The van der Waals surface area contributed by atoms with E-state index in [-0.39, 0.29) is 11.4 Å². The molecule has 1 heterocycles. The van der Waals surface area contributed by atoms with Gasteiger partial charge in [-0.1, -0.05) is 17.7 Å². The molecule has 0 radical (unpaired) electrons. The number of imide groups is 1. The Bertz CT molecular complexity index is 1050. The van der Waals surface area contributed by atoms with E-state index in [1.165, 1.54) is 7.11 Å². The first-order valence-electron chi connectivity index (χ1n) is 9.44. The van der Waals surface area contributed by atoms with Gasteiger partial charge in [-0.15, -0.1) is 0 Å². The van der Waals surface area contributed by atoms with Crippen molar-refractivity contribution in [2.75, 3.05) is 25.6 Å². The summed E-state index contributed by atoms with van der Waals surface area (Å²) in [5, 5.41) is 2.20. The fourth-order valence-electron chi connectivity index (χ4n) is 2.88. The molecule has 2 aromatic rings. The van der Waals surface area contributed by atoms with Gasteiger partial charge in [0.2, 0.25) is 5.91 Å². The van der Waals surface area contributed by atoms with E-state index in [9.17, 15) is 14.4 Å². The quantitative estimate of drug-likeness (QED) is 0.543. The van der Waals surface area contributed by atoms with Crippen molar-refractivity contribution >= 4 is 56.5 Å². The van der Waals surface area contributed by atoms with Crippen LogP contribution in [0.15, 0.2) is 45.8 Å². The molecule has 1 fully saturated rings. The van der Waals surface area contributed by atoms with Crippen LogP contribution < -0.4 is 14.8 Å². The molecular weight excluding hydrogens is 484 g/mol. The van der Waals surface area contributed by atoms with Gasteiger partial charge in [0.05, 0.1) is 23.1 Å². The van der Waals surface area contributed by atoms with Crippen molar-refractivity contribution in [3.05, 3.63) is 56.9 Å². The van der Waals surface area contributed by atoms with Crippen LogP contribution in [0.5, 0.6) is 11.5 Å². The monoisotopic (exact) mass is 504 g/mol. The summed E-state index contributed by atoms with van der Waals surface area (Å²) in [6, 6.07) is 10.7. The van der Waals surface area contributed by atoms with E-state index < -0.39 is 17.1 Å². The fourth-order valence-corrected chi connectivity index (χ4v) is 4.29. The molecule has 1 saturated heterocycles. The number of nitrogens with zero attached hydrogens (tertiary/aromatic N) is 1. The van der Waals surface area contributed by atoms with Crippen molar-refractivity contribution in [3.8, 4) is 11.5 Å². The molecule has 3 rings (SSSR count).